The molecule has 0 aliphatic heterocycles. The summed E-state index contributed by atoms with van der Waals surface area (Å²) in [5.41, 5.74) is -0.574. The fourth-order valence-electron chi connectivity index (χ4n) is 1.88. The molecule has 116 valence electrons. The molecule has 0 saturated heterocycles. The van der Waals surface area contributed by atoms with Gasteiger partial charge in [0.15, 0.2) is 0 Å². The van der Waals surface area contributed by atoms with Gasteiger partial charge < -0.3 is 10.4 Å². The van der Waals surface area contributed by atoms with Gasteiger partial charge in [0.2, 0.25) is 0 Å². The van der Waals surface area contributed by atoms with Crippen LogP contribution in [0.1, 0.15) is 12.0 Å². The Bertz CT molecular complexity index is 705. The number of anilines is 1. The van der Waals surface area contributed by atoms with Crippen LogP contribution in [0.15, 0.2) is 53.8 Å². The standard InChI is InChI=1S/C15H11ClF3NO2/c1-8-2-5-13(21)10(6-8)14(22)20-9-3-4-12(16)11(7-9)15(17,18)19/h3-7,21H,1-2H2,(H,20,22). The third-order valence-corrected chi connectivity index (χ3v) is 3.29. The molecule has 0 unspecified atom stereocenters. The van der Waals surface area contributed by atoms with Crippen LogP contribution in [-0.4, -0.2) is 11.0 Å². The molecule has 2 rings (SSSR count). The summed E-state index contributed by atoms with van der Waals surface area (Å²) in [6, 6.07) is 3.03. The predicted molar refractivity (Wildman–Crippen MR) is 77.6 cm³/mol. The van der Waals surface area contributed by atoms with E-state index in [1.165, 1.54) is 18.2 Å². The lowest BCUT2D eigenvalue weighted by Crippen LogP contribution is -2.18. The first-order valence-electron chi connectivity index (χ1n) is 6.15. The molecular formula is C15H11ClF3NO2. The van der Waals surface area contributed by atoms with Gasteiger partial charge in [-0.2, -0.15) is 13.2 Å². The lowest BCUT2D eigenvalue weighted by atomic mass is 10.0. The minimum Gasteiger partial charge on any atom is -0.507 e. The van der Waals surface area contributed by atoms with Crippen molar-refractivity contribution in [2.75, 3.05) is 5.32 Å². The van der Waals surface area contributed by atoms with Crippen molar-refractivity contribution in [3.8, 4) is 0 Å². The van der Waals surface area contributed by atoms with Gasteiger partial charge in [-0.15, -0.1) is 0 Å². The van der Waals surface area contributed by atoms with Gasteiger partial charge in [0, 0.05) is 5.69 Å². The fourth-order valence-corrected chi connectivity index (χ4v) is 2.10. The second-order valence-corrected chi connectivity index (χ2v) is 5.06. The van der Waals surface area contributed by atoms with Crippen LogP contribution in [-0.2, 0) is 11.0 Å². The highest BCUT2D eigenvalue weighted by Gasteiger charge is 2.33. The van der Waals surface area contributed by atoms with Gasteiger partial charge in [0.05, 0.1) is 16.2 Å². The fraction of sp³-hybridized carbons (Fsp3) is 0.133. The molecule has 0 aromatic heterocycles. The lowest BCUT2D eigenvalue weighted by Gasteiger charge is -2.14. The van der Waals surface area contributed by atoms with E-state index >= 15 is 0 Å². The lowest BCUT2D eigenvalue weighted by molar-refractivity contribution is -0.137. The number of allylic oxidation sites excluding steroid dienone is 3. The van der Waals surface area contributed by atoms with Crippen molar-refractivity contribution in [3.63, 3.8) is 0 Å². The number of halogens is 4. The zero-order valence-corrected chi connectivity index (χ0v) is 11.9. The Kier molecular flexibility index (Phi) is 4.32. The van der Waals surface area contributed by atoms with E-state index in [9.17, 15) is 23.1 Å². The second-order valence-electron chi connectivity index (χ2n) is 4.66. The molecule has 0 saturated carbocycles. The summed E-state index contributed by atoms with van der Waals surface area (Å²) in [6.07, 6.45) is -1.44. The number of amides is 1. The number of benzene rings is 1. The van der Waals surface area contributed by atoms with E-state index < -0.39 is 22.7 Å². The molecule has 0 heterocycles. The highest BCUT2D eigenvalue weighted by Crippen LogP contribution is 2.36. The summed E-state index contributed by atoms with van der Waals surface area (Å²) in [7, 11) is 0. The molecular weight excluding hydrogens is 319 g/mol. The Morgan fingerprint density at radius 1 is 1.36 bits per heavy atom. The Balaban J connectivity index is 2.26. The Labute approximate surface area is 129 Å². The van der Waals surface area contributed by atoms with Gasteiger partial charge >= 0.3 is 6.18 Å². The molecule has 0 radical (unpaired) electrons. The predicted octanol–water partition coefficient (Wildman–Crippen LogP) is 4.63. The molecule has 1 amide bonds. The number of rotatable bonds is 2. The van der Waals surface area contributed by atoms with Crippen LogP contribution in [0, 0.1) is 0 Å². The van der Waals surface area contributed by atoms with E-state index in [1.807, 2.05) is 0 Å². The van der Waals surface area contributed by atoms with Crippen molar-refractivity contribution >= 4 is 23.2 Å². The molecule has 0 fully saturated rings. The van der Waals surface area contributed by atoms with Crippen molar-refractivity contribution in [2.24, 2.45) is 0 Å². The van der Waals surface area contributed by atoms with Crippen LogP contribution in [0.4, 0.5) is 18.9 Å². The normalized spacial score (nSPS) is 15.2. The highest BCUT2D eigenvalue weighted by atomic mass is 35.5. The quantitative estimate of drug-likeness (QED) is 0.831. The van der Waals surface area contributed by atoms with Crippen molar-refractivity contribution in [1.29, 1.82) is 0 Å². The summed E-state index contributed by atoms with van der Waals surface area (Å²) < 4.78 is 38.3. The van der Waals surface area contributed by atoms with Gasteiger partial charge in [-0.1, -0.05) is 23.8 Å². The van der Waals surface area contributed by atoms with Gasteiger partial charge in [0.25, 0.3) is 5.91 Å². The second kappa shape index (κ2) is 5.88. The minimum absolute atomic E-state index is 0.0558. The summed E-state index contributed by atoms with van der Waals surface area (Å²) in [6.45, 7) is 3.67. The number of carbonyl (C=O) groups is 1. The molecule has 0 atom stereocenters. The number of carbonyl (C=O) groups excluding carboxylic acids is 1. The average molecular weight is 330 g/mol. The first kappa shape index (κ1) is 16.2. The molecule has 1 aliphatic carbocycles. The van der Waals surface area contributed by atoms with E-state index in [-0.39, 0.29) is 17.0 Å². The van der Waals surface area contributed by atoms with Crippen molar-refractivity contribution in [2.45, 2.75) is 12.6 Å². The van der Waals surface area contributed by atoms with Crippen LogP contribution >= 0.6 is 11.6 Å². The zero-order chi connectivity index (χ0) is 16.5. The summed E-state index contributed by atoms with van der Waals surface area (Å²) in [4.78, 5) is 12.0. The smallest absolute Gasteiger partial charge is 0.417 e. The van der Waals surface area contributed by atoms with E-state index in [2.05, 4.69) is 11.9 Å². The first-order chi connectivity index (χ1) is 10.2. The Morgan fingerprint density at radius 3 is 2.68 bits per heavy atom. The monoisotopic (exact) mass is 329 g/mol. The van der Waals surface area contributed by atoms with Crippen LogP contribution in [0.2, 0.25) is 5.02 Å². The number of hydrogen-bond donors (Lipinski definition) is 2. The number of alkyl halides is 3. The molecule has 1 aromatic rings. The molecule has 2 N–H and O–H groups in total. The molecule has 22 heavy (non-hydrogen) atoms. The van der Waals surface area contributed by atoms with Gasteiger partial charge in [-0.25, -0.2) is 0 Å². The van der Waals surface area contributed by atoms with Crippen LogP contribution in [0.5, 0.6) is 0 Å². The maximum absolute atomic E-state index is 12.8. The molecule has 0 spiro atoms. The van der Waals surface area contributed by atoms with Crippen LogP contribution in [0.3, 0.4) is 0 Å². The third-order valence-electron chi connectivity index (χ3n) is 2.96. The maximum Gasteiger partial charge on any atom is 0.417 e. The summed E-state index contributed by atoms with van der Waals surface area (Å²) in [5, 5.41) is 11.5. The van der Waals surface area contributed by atoms with E-state index in [0.717, 1.165) is 12.1 Å². The maximum atomic E-state index is 12.8. The number of hydrogen-bond acceptors (Lipinski definition) is 2. The van der Waals surface area contributed by atoms with E-state index in [1.54, 1.807) is 0 Å². The van der Waals surface area contributed by atoms with Crippen molar-refractivity contribution < 1.29 is 23.1 Å². The van der Waals surface area contributed by atoms with Gasteiger partial charge in [0.1, 0.15) is 5.76 Å². The Hall–Kier alpha value is -2.21. The zero-order valence-electron chi connectivity index (χ0n) is 11.2. The highest BCUT2D eigenvalue weighted by molar-refractivity contribution is 6.31. The van der Waals surface area contributed by atoms with Crippen LogP contribution in [0.25, 0.3) is 0 Å². The van der Waals surface area contributed by atoms with E-state index in [4.69, 9.17) is 11.6 Å². The average Bonchev–Trinajstić information content (AvgIpc) is 2.42. The number of nitrogens with one attached hydrogen (secondary N) is 1. The molecule has 1 aromatic carbocycles. The Morgan fingerprint density at radius 2 is 2.05 bits per heavy atom. The van der Waals surface area contributed by atoms with Crippen molar-refractivity contribution in [3.05, 3.63) is 64.4 Å². The largest absolute Gasteiger partial charge is 0.507 e. The summed E-state index contributed by atoms with van der Waals surface area (Å²) >= 11 is 5.50. The molecule has 0 bridgehead atoms. The minimum atomic E-state index is -4.63. The molecule has 3 nitrogen and oxygen atoms in total. The molecule has 7 heteroatoms. The summed E-state index contributed by atoms with van der Waals surface area (Å²) in [5.74, 6) is -0.972. The van der Waals surface area contributed by atoms with Crippen LogP contribution < -0.4 is 5.32 Å². The number of aliphatic hydroxyl groups is 1. The SMILES string of the molecule is C=C1C=C(C(=O)Nc2ccc(Cl)c(C(F)(F)F)c2)C(O)=CC1. The molecule has 1 aliphatic rings. The van der Waals surface area contributed by atoms with Gasteiger partial charge in [-0.3, -0.25) is 4.79 Å². The first-order valence-corrected chi connectivity index (χ1v) is 6.53. The number of aliphatic hydroxyl groups excluding tert-OH is 1. The third kappa shape index (κ3) is 3.51. The van der Waals surface area contributed by atoms with Gasteiger partial charge in [-0.05, 0) is 36.8 Å². The topological polar surface area (TPSA) is 49.3 Å². The van der Waals surface area contributed by atoms with Crippen molar-refractivity contribution in [1.82, 2.24) is 0 Å². The van der Waals surface area contributed by atoms with E-state index in [0.29, 0.717) is 12.0 Å².